The van der Waals surface area contributed by atoms with Crippen molar-refractivity contribution in [2.75, 3.05) is 11.1 Å². The Morgan fingerprint density at radius 2 is 2.11 bits per heavy atom. The lowest BCUT2D eigenvalue weighted by Gasteiger charge is -2.12. The zero-order valence-corrected chi connectivity index (χ0v) is 11.2. The van der Waals surface area contributed by atoms with Crippen molar-refractivity contribution in [2.45, 2.75) is 33.4 Å². The molecule has 3 N–H and O–H groups in total. The number of anilines is 2. The molecule has 0 aliphatic carbocycles. The van der Waals surface area contributed by atoms with Gasteiger partial charge in [-0.2, -0.15) is 10.2 Å². The van der Waals surface area contributed by atoms with E-state index in [1.807, 2.05) is 18.7 Å². The van der Waals surface area contributed by atoms with E-state index >= 15 is 0 Å². The zero-order valence-electron chi connectivity index (χ0n) is 11.2. The maximum Gasteiger partial charge on any atom is 0.169 e. The van der Waals surface area contributed by atoms with Gasteiger partial charge in [0, 0.05) is 13.1 Å². The molecule has 7 nitrogen and oxygen atoms in total. The number of aryl methyl sites for hydroxylation is 2. The van der Waals surface area contributed by atoms with Crippen LogP contribution in [0.1, 0.15) is 31.4 Å². The molecule has 0 aromatic carbocycles. The van der Waals surface area contributed by atoms with Crippen molar-refractivity contribution in [2.24, 2.45) is 7.05 Å². The third-order valence-electron chi connectivity index (χ3n) is 2.68. The van der Waals surface area contributed by atoms with Crippen molar-refractivity contribution >= 4 is 11.5 Å². The molecule has 0 atom stereocenters. The molecule has 7 heteroatoms. The molecule has 2 aromatic rings. The molecule has 0 aliphatic rings. The summed E-state index contributed by atoms with van der Waals surface area (Å²) in [6.07, 6.45) is 1.67. The highest BCUT2D eigenvalue weighted by molar-refractivity contribution is 5.64. The second-order valence-electron chi connectivity index (χ2n) is 4.57. The predicted octanol–water partition coefficient (Wildman–Crippen LogP) is 1.10. The van der Waals surface area contributed by atoms with Crippen molar-refractivity contribution in [3.8, 4) is 0 Å². The number of hydrogen-bond acceptors (Lipinski definition) is 5. The van der Waals surface area contributed by atoms with E-state index in [0.717, 1.165) is 17.3 Å². The minimum absolute atomic E-state index is 0.250. The monoisotopic (exact) mass is 249 g/mol. The van der Waals surface area contributed by atoms with E-state index in [0.29, 0.717) is 12.2 Å². The van der Waals surface area contributed by atoms with Gasteiger partial charge in [-0.1, -0.05) is 0 Å². The van der Waals surface area contributed by atoms with Crippen LogP contribution in [0.5, 0.6) is 0 Å². The Labute approximate surface area is 106 Å². The number of hydrogen-bond donors (Lipinski definition) is 2. The average molecular weight is 249 g/mol. The molecule has 0 saturated heterocycles. The van der Waals surface area contributed by atoms with E-state index in [1.165, 1.54) is 0 Å². The van der Waals surface area contributed by atoms with Gasteiger partial charge in [0.2, 0.25) is 0 Å². The summed E-state index contributed by atoms with van der Waals surface area (Å²) >= 11 is 0. The summed E-state index contributed by atoms with van der Waals surface area (Å²) in [6, 6.07) is 0.250. The van der Waals surface area contributed by atoms with Crippen molar-refractivity contribution in [1.29, 1.82) is 0 Å². The SMILES string of the molecule is Cc1nn(C(C)C)c(NCc2ncn(C)n2)c1N. The first-order valence-electron chi connectivity index (χ1n) is 5.92. The highest BCUT2D eigenvalue weighted by Crippen LogP contribution is 2.25. The first kappa shape index (κ1) is 12.4. The summed E-state index contributed by atoms with van der Waals surface area (Å²) < 4.78 is 3.55. The molecule has 2 aromatic heterocycles. The van der Waals surface area contributed by atoms with E-state index in [-0.39, 0.29) is 6.04 Å². The van der Waals surface area contributed by atoms with Crippen LogP contribution < -0.4 is 11.1 Å². The third kappa shape index (κ3) is 2.29. The standard InChI is InChI=1S/C11H19N7/c1-7(2)18-11(10(12)8(3)15-18)13-5-9-14-6-17(4)16-9/h6-7,13H,5,12H2,1-4H3. The molecule has 2 heterocycles. The molecule has 0 unspecified atom stereocenters. The first-order chi connectivity index (χ1) is 8.49. The fourth-order valence-corrected chi connectivity index (χ4v) is 1.74. The Morgan fingerprint density at radius 3 is 2.67 bits per heavy atom. The second kappa shape index (κ2) is 4.67. The normalized spacial score (nSPS) is 11.2. The molecule has 0 radical (unpaired) electrons. The van der Waals surface area contributed by atoms with Crippen LogP contribution in [0.4, 0.5) is 11.5 Å². The van der Waals surface area contributed by atoms with Crippen LogP contribution in [-0.2, 0) is 13.6 Å². The molecular formula is C11H19N7. The molecule has 0 bridgehead atoms. The van der Waals surface area contributed by atoms with E-state index in [9.17, 15) is 0 Å². The van der Waals surface area contributed by atoms with Crippen LogP contribution in [0.15, 0.2) is 6.33 Å². The van der Waals surface area contributed by atoms with Gasteiger partial charge in [0.25, 0.3) is 0 Å². The fourth-order valence-electron chi connectivity index (χ4n) is 1.74. The van der Waals surface area contributed by atoms with Crippen molar-refractivity contribution < 1.29 is 0 Å². The predicted molar refractivity (Wildman–Crippen MR) is 70.1 cm³/mol. The number of nitrogens with zero attached hydrogens (tertiary/aromatic N) is 5. The van der Waals surface area contributed by atoms with Gasteiger partial charge in [-0.05, 0) is 20.8 Å². The van der Waals surface area contributed by atoms with Gasteiger partial charge >= 0.3 is 0 Å². The molecule has 0 spiro atoms. The molecular weight excluding hydrogens is 230 g/mol. The van der Waals surface area contributed by atoms with Crippen LogP contribution in [-0.4, -0.2) is 24.5 Å². The molecule has 2 rings (SSSR count). The molecule has 0 aliphatic heterocycles. The van der Waals surface area contributed by atoms with E-state index < -0.39 is 0 Å². The van der Waals surface area contributed by atoms with Gasteiger partial charge in [0.05, 0.1) is 17.9 Å². The first-order valence-corrected chi connectivity index (χ1v) is 5.92. The number of nitrogens with one attached hydrogen (secondary N) is 1. The highest BCUT2D eigenvalue weighted by atomic mass is 15.4. The van der Waals surface area contributed by atoms with Crippen LogP contribution in [0, 0.1) is 6.92 Å². The quantitative estimate of drug-likeness (QED) is 0.847. The van der Waals surface area contributed by atoms with E-state index in [4.69, 9.17) is 5.73 Å². The van der Waals surface area contributed by atoms with Gasteiger partial charge < -0.3 is 11.1 Å². The van der Waals surface area contributed by atoms with Crippen molar-refractivity contribution in [1.82, 2.24) is 24.5 Å². The lowest BCUT2D eigenvalue weighted by Crippen LogP contribution is -2.11. The Kier molecular flexibility index (Phi) is 3.22. The molecule has 98 valence electrons. The summed E-state index contributed by atoms with van der Waals surface area (Å²) in [5.41, 5.74) is 7.53. The topological polar surface area (TPSA) is 86.6 Å². The van der Waals surface area contributed by atoms with Crippen LogP contribution in [0.3, 0.4) is 0 Å². The summed E-state index contributed by atoms with van der Waals surface area (Å²) in [4.78, 5) is 4.16. The molecule has 0 amide bonds. The summed E-state index contributed by atoms with van der Waals surface area (Å²) in [5.74, 6) is 1.56. The van der Waals surface area contributed by atoms with Crippen molar-refractivity contribution in [3.63, 3.8) is 0 Å². The van der Waals surface area contributed by atoms with E-state index in [2.05, 4.69) is 34.3 Å². The fraction of sp³-hybridized carbons (Fsp3) is 0.545. The average Bonchev–Trinajstić information content (AvgIpc) is 2.83. The molecule has 0 fully saturated rings. The van der Waals surface area contributed by atoms with Gasteiger partial charge in [0.1, 0.15) is 12.1 Å². The molecule has 0 saturated carbocycles. The van der Waals surface area contributed by atoms with Crippen LogP contribution >= 0.6 is 0 Å². The summed E-state index contributed by atoms with van der Waals surface area (Å²) in [7, 11) is 1.84. The van der Waals surface area contributed by atoms with Crippen LogP contribution in [0.25, 0.3) is 0 Å². The summed E-state index contributed by atoms with van der Waals surface area (Å²) in [6.45, 7) is 6.56. The lowest BCUT2D eigenvalue weighted by atomic mass is 10.3. The van der Waals surface area contributed by atoms with Crippen molar-refractivity contribution in [3.05, 3.63) is 17.8 Å². The maximum absolute atomic E-state index is 6.02. The summed E-state index contributed by atoms with van der Waals surface area (Å²) in [5, 5.41) is 11.9. The number of nitrogens with two attached hydrogens (primary N) is 1. The van der Waals surface area contributed by atoms with Crippen LogP contribution in [0.2, 0.25) is 0 Å². The Balaban J connectivity index is 2.18. The minimum Gasteiger partial charge on any atom is -0.394 e. The van der Waals surface area contributed by atoms with Gasteiger partial charge in [0.15, 0.2) is 5.82 Å². The lowest BCUT2D eigenvalue weighted by molar-refractivity contribution is 0.534. The number of rotatable bonds is 4. The van der Waals surface area contributed by atoms with E-state index in [1.54, 1.807) is 11.0 Å². The molecule has 18 heavy (non-hydrogen) atoms. The van der Waals surface area contributed by atoms with Gasteiger partial charge in [-0.25, -0.2) is 9.67 Å². The van der Waals surface area contributed by atoms with Gasteiger partial charge in [-0.3, -0.25) is 4.68 Å². The number of aromatic nitrogens is 5. The largest absolute Gasteiger partial charge is 0.394 e. The smallest absolute Gasteiger partial charge is 0.169 e. The maximum atomic E-state index is 6.02. The minimum atomic E-state index is 0.250. The zero-order chi connectivity index (χ0) is 13.3. The third-order valence-corrected chi connectivity index (χ3v) is 2.68. The second-order valence-corrected chi connectivity index (χ2v) is 4.57. The highest BCUT2D eigenvalue weighted by Gasteiger charge is 2.14. The Bertz CT molecular complexity index is 538. The number of nitrogen functional groups attached to an aromatic ring is 1. The Morgan fingerprint density at radius 1 is 1.39 bits per heavy atom. The Hall–Kier alpha value is -2.05. The van der Waals surface area contributed by atoms with Gasteiger partial charge in [-0.15, -0.1) is 0 Å².